The predicted octanol–water partition coefficient (Wildman–Crippen LogP) is 3.91. The minimum atomic E-state index is -3.85. The van der Waals surface area contributed by atoms with E-state index in [9.17, 15) is 10.00 Å². The Labute approximate surface area is 153 Å². The number of hydrogen-bond donors (Lipinski definition) is 2. The van der Waals surface area contributed by atoms with Gasteiger partial charge in [0, 0.05) is 0 Å². The Morgan fingerprint density at radius 3 is 1.69 bits per heavy atom. The average Bonchev–Trinajstić information content (AvgIpc) is 2.69. The van der Waals surface area contributed by atoms with E-state index in [1.165, 1.54) is 0 Å². The summed E-state index contributed by atoms with van der Waals surface area (Å²) >= 11 is 0. The van der Waals surface area contributed by atoms with Gasteiger partial charge >= 0.3 is 153 Å². The van der Waals surface area contributed by atoms with Crippen LogP contribution in [-0.4, -0.2) is 16.7 Å². The van der Waals surface area contributed by atoms with E-state index in [4.69, 9.17) is 0 Å². The molecule has 0 aromatic heterocycles. The van der Waals surface area contributed by atoms with Crippen LogP contribution in [0.2, 0.25) is 0 Å². The molecular weight excluding hydrogens is 339 g/mol. The van der Waals surface area contributed by atoms with Crippen molar-refractivity contribution >= 4 is 33.5 Å². The molecule has 0 saturated heterocycles. The zero-order chi connectivity index (χ0) is 18.2. The summed E-state index contributed by atoms with van der Waals surface area (Å²) in [7, 11) is 0. The monoisotopic (exact) mass is 360 g/mol. The molecule has 4 rings (SSSR count). The van der Waals surface area contributed by atoms with Crippen molar-refractivity contribution in [1.29, 1.82) is 0 Å². The number of rotatable bonds is 3. The normalized spacial score (nSPS) is 13.2. The summed E-state index contributed by atoms with van der Waals surface area (Å²) in [5.74, 6) is 0.124. The van der Waals surface area contributed by atoms with E-state index in [-0.39, 0.29) is 5.75 Å². The average molecular weight is 360 g/mol. The van der Waals surface area contributed by atoms with E-state index in [1.807, 2.05) is 97.7 Å². The molecule has 26 heavy (non-hydrogen) atoms. The molecule has 0 amide bonds. The van der Waals surface area contributed by atoms with Gasteiger partial charge < -0.3 is 0 Å². The summed E-state index contributed by atoms with van der Waals surface area (Å²) in [6, 6.07) is 30.9. The van der Waals surface area contributed by atoms with Crippen molar-refractivity contribution in [3.8, 4) is 5.75 Å². The second-order valence-electron chi connectivity index (χ2n) is 6.83. The van der Waals surface area contributed by atoms with Crippen molar-refractivity contribution in [3.63, 3.8) is 0 Å². The number of phenols is 1. The zero-order valence-corrected chi connectivity index (χ0v) is 15.5. The van der Waals surface area contributed by atoms with Gasteiger partial charge in [0.15, 0.2) is 0 Å². The fourth-order valence-electron chi connectivity index (χ4n) is 3.81. The van der Waals surface area contributed by atoms with Gasteiger partial charge in [0.25, 0.3) is 0 Å². The molecule has 4 aromatic carbocycles. The summed E-state index contributed by atoms with van der Waals surface area (Å²) < 4.78 is 0. The summed E-state index contributed by atoms with van der Waals surface area (Å²) in [6.45, 7) is -1.94. The zero-order valence-electron chi connectivity index (χ0n) is 14.6. The Morgan fingerprint density at radius 2 is 1.12 bits per heavy atom. The van der Waals surface area contributed by atoms with Gasteiger partial charge in [-0.05, 0) is 0 Å². The minimum absolute atomic E-state index is 0.124. The molecule has 0 aliphatic carbocycles. The van der Waals surface area contributed by atoms with E-state index < -0.39 is 6.83 Å². The van der Waals surface area contributed by atoms with Crippen LogP contribution in [0.4, 0.5) is 0 Å². The predicted molar refractivity (Wildman–Crippen MR) is 112 cm³/mol. The van der Waals surface area contributed by atoms with Crippen LogP contribution >= 0.6 is 6.83 Å². The standard InChI is InChI=1S/C23H21O2P/c1-26(25,19-11-4-2-5-12-19,20-13-6-3-7-14-20)23-21-15-9-8-10-18(21)16-17-22(23)24/h2-17,24-25H,1H3. The SMILES string of the molecule is CP(O)(c1ccccc1)(c1ccccc1)c1c(O)ccc2ccccc12. The van der Waals surface area contributed by atoms with Crippen LogP contribution in [0.25, 0.3) is 10.8 Å². The summed E-state index contributed by atoms with van der Waals surface area (Å²) in [4.78, 5) is 12.5. The molecule has 3 heteroatoms. The second kappa shape index (κ2) is 5.95. The van der Waals surface area contributed by atoms with Crippen molar-refractivity contribution in [2.75, 3.05) is 6.66 Å². The molecule has 0 saturated carbocycles. The molecule has 2 N–H and O–H groups in total. The van der Waals surface area contributed by atoms with Crippen LogP contribution in [-0.2, 0) is 0 Å². The van der Waals surface area contributed by atoms with E-state index >= 15 is 0 Å². The third-order valence-electron chi connectivity index (χ3n) is 5.20. The van der Waals surface area contributed by atoms with Crippen molar-refractivity contribution in [3.05, 3.63) is 97.1 Å². The van der Waals surface area contributed by atoms with Crippen LogP contribution in [0.3, 0.4) is 0 Å². The van der Waals surface area contributed by atoms with E-state index in [1.54, 1.807) is 6.07 Å². The number of fused-ring (bicyclic) bond motifs is 1. The number of aromatic hydroxyl groups is 1. The fraction of sp³-hybridized carbons (Fsp3) is 0.0435. The van der Waals surface area contributed by atoms with Crippen LogP contribution in [0.15, 0.2) is 97.1 Å². The molecule has 4 aromatic rings. The van der Waals surface area contributed by atoms with Crippen LogP contribution < -0.4 is 15.9 Å². The first-order valence-corrected chi connectivity index (χ1v) is 11.2. The fourth-order valence-corrected chi connectivity index (χ4v) is 7.86. The Balaban J connectivity index is 2.21. The first kappa shape index (κ1) is 16.8. The Bertz CT molecular complexity index is 1030. The molecule has 130 valence electrons. The topological polar surface area (TPSA) is 40.5 Å². The van der Waals surface area contributed by atoms with Gasteiger partial charge in [0.1, 0.15) is 0 Å². The summed E-state index contributed by atoms with van der Waals surface area (Å²) in [6.07, 6.45) is 0. The summed E-state index contributed by atoms with van der Waals surface area (Å²) in [5, 5.41) is 15.1. The number of phenolic OH excluding ortho intramolecular Hbond substituents is 1. The third-order valence-corrected chi connectivity index (χ3v) is 9.89. The quantitative estimate of drug-likeness (QED) is 0.544. The Kier molecular flexibility index (Phi) is 3.84. The van der Waals surface area contributed by atoms with Gasteiger partial charge in [0.2, 0.25) is 0 Å². The van der Waals surface area contributed by atoms with Crippen molar-refractivity contribution in [2.24, 2.45) is 0 Å². The van der Waals surface area contributed by atoms with Crippen LogP contribution in [0, 0.1) is 0 Å². The molecule has 0 atom stereocenters. The van der Waals surface area contributed by atoms with Gasteiger partial charge in [-0.25, -0.2) is 0 Å². The Hall–Kier alpha value is -2.67. The van der Waals surface area contributed by atoms with Gasteiger partial charge in [-0.2, -0.15) is 0 Å². The molecule has 0 radical (unpaired) electrons. The molecule has 2 nitrogen and oxygen atoms in total. The first-order chi connectivity index (χ1) is 12.5. The summed E-state index contributed by atoms with van der Waals surface area (Å²) in [5.41, 5.74) is 0. The van der Waals surface area contributed by atoms with Gasteiger partial charge in [0.05, 0.1) is 0 Å². The van der Waals surface area contributed by atoms with Gasteiger partial charge in [-0.15, -0.1) is 0 Å². The van der Waals surface area contributed by atoms with Gasteiger partial charge in [-0.1, -0.05) is 0 Å². The van der Waals surface area contributed by atoms with Crippen LogP contribution in [0.1, 0.15) is 0 Å². The Morgan fingerprint density at radius 1 is 0.615 bits per heavy atom. The molecular formula is C23H21O2P. The van der Waals surface area contributed by atoms with Crippen molar-refractivity contribution in [2.45, 2.75) is 0 Å². The third kappa shape index (κ3) is 2.34. The maximum absolute atomic E-state index is 12.5. The first-order valence-electron chi connectivity index (χ1n) is 8.60. The maximum atomic E-state index is 12.5. The molecule has 0 aliphatic heterocycles. The van der Waals surface area contributed by atoms with Gasteiger partial charge in [-0.3, -0.25) is 0 Å². The second-order valence-corrected chi connectivity index (χ2v) is 11.3. The van der Waals surface area contributed by atoms with E-state index in [2.05, 4.69) is 0 Å². The van der Waals surface area contributed by atoms with Crippen molar-refractivity contribution in [1.82, 2.24) is 0 Å². The molecule has 0 unspecified atom stereocenters. The molecule has 0 fully saturated rings. The van der Waals surface area contributed by atoms with E-state index in [0.717, 1.165) is 21.4 Å². The van der Waals surface area contributed by atoms with Crippen molar-refractivity contribution < 1.29 is 10.00 Å². The number of hydrogen-bond acceptors (Lipinski definition) is 2. The molecule has 0 spiro atoms. The molecule has 0 bridgehead atoms. The van der Waals surface area contributed by atoms with E-state index in [0.29, 0.717) is 5.30 Å². The van der Waals surface area contributed by atoms with Crippen LogP contribution in [0.5, 0.6) is 5.75 Å². The molecule has 0 aliphatic rings. The molecule has 0 heterocycles. The number of benzene rings is 4.